The Labute approximate surface area is 113 Å². The number of rotatable bonds is 4. The largest absolute Gasteiger partial charge is 0.352 e. The van der Waals surface area contributed by atoms with E-state index in [2.05, 4.69) is 20.3 Å². The van der Waals surface area contributed by atoms with Crippen molar-refractivity contribution in [1.29, 1.82) is 0 Å². The summed E-state index contributed by atoms with van der Waals surface area (Å²) in [4.78, 5) is 7.08. The monoisotopic (exact) mass is 259 g/mol. The fourth-order valence-electron chi connectivity index (χ4n) is 2.96. The van der Waals surface area contributed by atoms with E-state index < -0.39 is 0 Å². The summed E-state index contributed by atoms with van der Waals surface area (Å²) in [7, 11) is 2.02. The minimum absolute atomic E-state index is 0.592. The van der Waals surface area contributed by atoms with Gasteiger partial charge in [-0.15, -0.1) is 0 Å². The van der Waals surface area contributed by atoms with Crippen LogP contribution in [-0.2, 0) is 0 Å². The third-order valence-corrected chi connectivity index (χ3v) is 3.93. The Kier molecular flexibility index (Phi) is 3.64. The maximum Gasteiger partial charge on any atom is 0.154 e. The zero-order chi connectivity index (χ0) is 13.1. The molecule has 19 heavy (non-hydrogen) atoms. The van der Waals surface area contributed by atoms with E-state index in [-0.39, 0.29) is 0 Å². The minimum Gasteiger partial charge on any atom is -0.352 e. The summed E-state index contributed by atoms with van der Waals surface area (Å²) in [5.74, 6) is 1.08. The van der Waals surface area contributed by atoms with Crippen molar-refractivity contribution in [2.45, 2.75) is 31.7 Å². The van der Waals surface area contributed by atoms with E-state index in [9.17, 15) is 0 Å². The van der Waals surface area contributed by atoms with Crippen molar-refractivity contribution in [3.05, 3.63) is 24.7 Å². The smallest absolute Gasteiger partial charge is 0.154 e. The van der Waals surface area contributed by atoms with E-state index in [0.29, 0.717) is 6.04 Å². The summed E-state index contributed by atoms with van der Waals surface area (Å²) < 4.78 is 1.91. The summed E-state index contributed by atoms with van der Waals surface area (Å²) in [6, 6.07) is 2.64. The van der Waals surface area contributed by atoms with Gasteiger partial charge in [-0.1, -0.05) is 0 Å². The van der Waals surface area contributed by atoms with Crippen LogP contribution in [0.15, 0.2) is 24.7 Å². The topological polar surface area (TPSA) is 45.5 Å². The lowest BCUT2D eigenvalue weighted by Gasteiger charge is -2.37. The van der Waals surface area contributed by atoms with Crippen LogP contribution >= 0.6 is 0 Å². The Balaban J connectivity index is 1.91. The molecule has 0 bridgehead atoms. The van der Waals surface area contributed by atoms with E-state index in [1.54, 1.807) is 0 Å². The lowest BCUT2D eigenvalue weighted by Crippen LogP contribution is -2.41. The average Bonchev–Trinajstić information content (AvgIpc) is 2.94. The minimum atomic E-state index is 0.592. The van der Waals surface area contributed by atoms with E-state index in [4.69, 9.17) is 0 Å². The second-order valence-corrected chi connectivity index (χ2v) is 5.15. The van der Waals surface area contributed by atoms with Crippen molar-refractivity contribution in [2.75, 3.05) is 25.0 Å². The summed E-state index contributed by atoms with van der Waals surface area (Å²) in [5.41, 5.74) is 1.11. The molecule has 1 unspecified atom stereocenters. The van der Waals surface area contributed by atoms with Gasteiger partial charge in [0.05, 0.1) is 6.20 Å². The first-order chi connectivity index (χ1) is 9.40. The second kappa shape index (κ2) is 5.57. The highest BCUT2D eigenvalue weighted by molar-refractivity contribution is 5.68. The molecule has 1 aliphatic heterocycles. The molecule has 5 nitrogen and oxygen atoms in total. The highest BCUT2D eigenvalue weighted by Gasteiger charge is 2.24. The maximum atomic E-state index is 4.61. The number of aromatic nitrogens is 3. The van der Waals surface area contributed by atoms with E-state index in [1.807, 2.05) is 36.2 Å². The lowest BCUT2D eigenvalue weighted by molar-refractivity contribution is 0.431. The molecule has 1 fully saturated rings. The summed E-state index contributed by atoms with van der Waals surface area (Å²) in [6.45, 7) is 2.16. The first-order valence-electron chi connectivity index (χ1n) is 7.10. The Morgan fingerprint density at radius 3 is 3.21 bits per heavy atom. The van der Waals surface area contributed by atoms with E-state index in [0.717, 1.165) is 24.4 Å². The van der Waals surface area contributed by atoms with Crippen LogP contribution in [-0.4, -0.2) is 40.8 Å². The Morgan fingerprint density at radius 2 is 2.32 bits per heavy atom. The molecule has 0 radical (unpaired) electrons. The van der Waals surface area contributed by atoms with Gasteiger partial charge in [0.2, 0.25) is 0 Å². The van der Waals surface area contributed by atoms with Crippen LogP contribution in [0.3, 0.4) is 0 Å². The van der Waals surface area contributed by atoms with Crippen LogP contribution < -0.4 is 10.2 Å². The number of piperidine rings is 1. The van der Waals surface area contributed by atoms with Crippen LogP contribution in [0.25, 0.3) is 5.52 Å². The lowest BCUT2D eigenvalue weighted by atomic mass is 9.99. The van der Waals surface area contributed by atoms with Gasteiger partial charge in [0.15, 0.2) is 5.82 Å². The normalized spacial score (nSPS) is 20.1. The summed E-state index contributed by atoms with van der Waals surface area (Å²) in [6.07, 6.45) is 10.6. The molecule has 3 heterocycles. The van der Waals surface area contributed by atoms with Crippen molar-refractivity contribution in [3.63, 3.8) is 0 Å². The van der Waals surface area contributed by atoms with Crippen LogP contribution in [0.2, 0.25) is 0 Å². The fourth-order valence-corrected chi connectivity index (χ4v) is 2.96. The molecule has 2 aromatic heterocycles. The van der Waals surface area contributed by atoms with Crippen molar-refractivity contribution in [3.8, 4) is 0 Å². The van der Waals surface area contributed by atoms with Crippen LogP contribution in [0, 0.1) is 0 Å². The number of nitrogens with one attached hydrogen (secondary N) is 1. The number of nitrogens with zero attached hydrogens (tertiary/aromatic N) is 4. The van der Waals surface area contributed by atoms with Gasteiger partial charge in [0, 0.05) is 25.0 Å². The summed E-state index contributed by atoms with van der Waals surface area (Å²) >= 11 is 0. The standard InChI is InChI=1S/C14H21N5/c1-15-7-5-12-4-2-3-10-18(12)14-13-6-8-17-19(13)11-9-16-14/h6,8-9,11-12,15H,2-5,7,10H2,1H3. The summed E-state index contributed by atoms with van der Waals surface area (Å²) in [5, 5.41) is 7.55. The number of anilines is 1. The van der Waals surface area contributed by atoms with Gasteiger partial charge in [-0.25, -0.2) is 9.50 Å². The third-order valence-electron chi connectivity index (χ3n) is 3.93. The first-order valence-corrected chi connectivity index (χ1v) is 7.10. The number of fused-ring (bicyclic) bond motifs is 1. The van der Waals surface area contributed by atoms with Crippen LogP contribution in [0.4, 0.5) is 5.82 Å². The Morgan fingerprint density at radius 1 is 1.37 bits per heavy atom. The van der Waals surface area contributed by atoms with E-state index in [1.165, 1.54) is 25.7 Å². The Hall–Kier alpha value is -1.62. The van der Waals surface area contributed by atoms with Gasteiger partial charge in [0.1, 0.15) is 5.52 Å². The fraction of sp³-hybridized carbons (Fsp3) is 0.571. The van der Waals surface area contributed by atoms with Gasteiger partial charge in [-0.2, -0.15) is 5.10 Å². The van der Waals surface area contributed by atoms with Gasteiger partial charge < -0.3 is 10.2 Å². The third kappa shape index (κ3) is 2.42. The number of hydrogen-bond donors (Lipinski definition) is 1. The molecular weight excluding hydrogens is 238 g/mol. The predicted octanol–water partition coefficient (Wildman–Crippen LogP) is 1.70. The van der Waals surface area contributed by atoms with Crippen molar-refractivity contribution >= 4 is 11.3 Å². The van der Waals surface area contributed by atoms with Crippen molar-refractivity contribution in [1.82, 2.24) is 19.9 Å². The van der Waals surface area contributed by atoms with Gasteiger partial charge in [-0.3, -0.25) is 0 Å². The van der Waals surface area contributed by atoms with Gasteiger partial charge in [0.25, 0.3) is 0 Å². The molecule has 3 rings (SSSR count). The molecule has 2 aromatic rings. The quantitative estimate of drug-likeness (QED) is 0.907. The van der Waals surface area contributed by atoms with Gasteiger partial charge >= 0.3 is 0 Å². The van der Waals surface area contributed by atoms with Crippen molar-refractivity contribution < 1.29 is 0 Å². The average molecular weight is 259 g/mol. The predicted molar refractivity (Wildman–Crippen MR) is 76.5 cm³/mol. The first kappa shape index (κ1) is 12.4. The molecule has 1 atom stereocenters. The zero-order valence-corrected chi connectivity index (χ0v) is 11.4. The molecule has 1 N–H and O–H groups in total. The van der Waals surface area contributed by atoms with E-state index >= 15 is 0 Å². The zero-order valence-electron chi connectivity index (χ0n) is 11.4. The maximum absolute atomic E-state index is 4.61. The highest BCUT2D eigenvalue weighted by Crippen LogP contribution is 2.27. The molecule has 102 valence electrons. The molecule has 0 amide bonds. The van der Waals surface area contributed by atoms with Crippen molar-refractivity contribution in [2.24, 2.45) is 0 Å². The molecular formula is C14H21N5. The SMILES string of the molecule is CNCCC1CCCCN1c1nccn2nccc12. The molecule has 0 aliphatic carbocycles. The second-order valence-electron chi connectivity index (χ2n) is 5.15. The van der Waals surface area contributed by atoms with Crippen LogP contribution in [0.1, 0.15) is 25.7 Å². The highest BCUT2D eigenvalue weighted by atomic mass is 15.3. The van der Waals surface area contributed by atoms with Gasteiger partial charge in [-0.05, 0) is 45.3 Å². The molecule has 0 aromatic carbocycles. The Bertz CT molecular complexity index is 535. The molecule has 5 heteroatoms. The van der Waals surface area contributed by atoms with Crippen LogP contribution in [0.5, 0.6) is 0 Å². The molecule has 0 saturated carbocycles. The molecule has 0 spiro atoms. The number of hydrogen-bond acceptors (Lipinski definition) is 4. The molecule has 1 aliphatic rings. The molecule has 1 saturated heterocycles.